The number of allylic oxidation sites excluding steroid dienone is 2. The van der Waals surface area contributed by atoms with E-state index in [1.807, 2.05) is 6.20 Å². The van der Waals surface area contributed by atoms with Gasteiger partial charge in [0.25, 0.3) is 0 Å². The van der Waals surface area contributed by atoms with Gasteiger partial charge in [-0.05, 0) is 55.2 Å². The standard InChI is InChI=1S/C13H15N/c1-2-6-12-10(4-1)7-8-11-5-3-9-14-13(11)12/h3,5-6,9-10H,1-2,4,7-8H2/t10-/m0/s1. The summed E-state index contributed by atoms with van der Waals surface area (Å²) in [4.78, 5) is 4.54. The van der Waals surface area contributed by atoms with Gasteiger partial charge < -0.3 is 0 Å². The Labute approximate surface area is 84.9 Å². The van der Waals surface area contributed by atoms with E-state index in [1.165, 1.54) is 48.9 Å². The summed E-state index contributed by atoms with van der Waals surface area (Å²) in [6.07, 6.45) is 10.9. The molecular weight excluding hydrogens is 170 g/mol. The highest BCUT2D eigenvalue weighted by Gasteiger charge is 2.25. The van der Waals surface area contributed by atoms with Crippen LogP contribution in [0.25, 0.3) is 5.57 Å². The van der Waals surface area contributed by atoms with Gasteiger partial charge in [0.2, 0.25) is 0 Å². The monoisotopic (exact) mass is 185 g/mol. The normalized spacial score (nSPS) is 24.9. The number of hydrogen-bond donors (Lipinski definition) is 0. The molecule has 0 unspecified atom stereocenters. The minimum absolute atomic E-state index is 0.811. The average molecular weight is 185 g/mol. The Morgan fingerprint density at radius 2 is 2.29 bits per heavy atom. The van der Waals surface area contributed by atoms with Crippen LogP contribution >= 0.6 is 0 Å². The van der Waals surface area contributed by atoms with Gasteiger partial charge in [-0.25, -0.2) is 0 Å². The summed E-state index contributed by atoms with van der Waals surface area (Å²) in [6.45, 7) is 0. The highest BCUT2D eigenvalue weighted by molar-refractivity contribution is 5.69. The van der Waals surface area contributed by atoms with Crippen molar-refractivity contribution in [3.63, 3.8) is 0 Å². The van der Waals surface area contributed by atoms with E-state index < -0.39 is 0 Å². The zero-order chi connectivity index (χ0) is 9.38. The van der Waals surface area contributed by atoms with E-state index in [9.17, 15) is 0 Å². The molecule has 0 spiro atoms. The number of nitrogens with zero attached hydrogens (tertiary/aromatic N) is 1. The molecule has 1 nitrogen and oxygen atoms in total. The van der Waals surface area contributed by atoms with Gasteiger partial charge in [-0.3, -0.25) is 4.98 Å². The lowest BCUT2D eigenvalue weighted by Gasteiger charge is -2.29. The maximum absolute atomic E-state index is 4.54. The first-order chi connectivity index (χ1) is 6.95. The second-order valence-electron chi connectivity index (χ2n) is 4.34. The molecule has 0 saturated heterocycles. The molecule has 1 heteroatoms. The Balaban J connectivity index is 2.11. The first-order valence-electron chi connectivity index (χ1n) is 5.59. The van der Waals surface area contributed by atoms with Crippen LogP contribution in [0.15, 0.2) is 24.4 Å². The molecule has 0 aromatic carbocycles. The van der Waals surface area contributed by atoms with Crippen LogP contribution in [0.5, 0.6) is 0 Å². The van der Waals surface area contributed by atoms with E-state index in [0.29, 0.717) is 0 Å². The fourth-order valence-electron chi connectivity index (χ4n) is 2.76. The molecule has 1 atom stereocenters. The topological polar surface area (TPSA) is 12.9 Å². The number of pyridine rings is 1. The molecule has 2 aliphatic carbocycles. The second-order valence-corrected chi connectivity index (χ2v) is 4.34. The minimum atomic E-state index is 0.811. The van der Waals surface area contributed by atoms with Crippen molar-refractivity contribution in [2.24, 2.45) is 5.92 Å². The van der Waals surface area contributed by atoms with Gasteiger partial charge in [0.05, 0.1) is 5.69 Å². The summed E-state index contributed by atoms with van der Waals surface area (Å²) in [5, 5.41) is 0. The Hall–Kier alpha value is -1.11. The molecule has 0 saturated carbocycles. The Morgan fingerprint density at radius 3 is 3.29 bits per heavy atom. The summed E-state index contributed by atoms with van der Waals surface area (Å²) in [5.41, 5.74) is 4.29. The van der Waals surface area contributed by atoms with Crippen molar-refractivity contribution in [1.82, 2.24) is 4.98 Å². The third kappa shape index (κ3) is 1.19. The largest absolute Gasteiger partial charge is 0.256 e. The number of aromatic nitrogens is 1. The van der Waals surface area contributed by atoms with E-state index in [2.05, 4.69) is 23.2 Å². The molecule has 14 heavy (non-hydrogen) atoms. The first-order valence-corrected chi connectivity index (χ1v) is 5.59. The summed E-state index contributed by atoms with van der Waals surface area (Å²) in [7, 11) is 0. The predicted molar refractivity (Wildman–Crippen MR) is 57.9 cm³/mol. The average Bonchev–Trinajstić information content (AvgIpc) is 2.29. The zero-order valence-electron chi connectivity index (χ0n) is 8.37. The fourth-order valence-corrected chi connectivity index (χ4v) is 2.76. The van der Waals surface area contributed by atoms with E-state index in [-0.39, 0.29) is 0 Å². The molecule has 3 rings (SSSR count). The first kappa shape index (κ1) is 8.22. The van der Waals surface area contributed by atoms with Gasteiger partial charge in [0, 0.05) is 6.20 Å². The highest BCUT2D eigenvalue weighted by Crippen LogP contribution is 2.39. The Bertz CT molecular complexity index is 379. The van der Waals surface area contributed by atoms with Gasteiger partial charge in [-0.2, -0.15) is 0 Å². The molecule has 0 N–H and O–H groups in total. The van der Waals surface area contributed by atoms with Crippen molar-refractivity contribution in [1.29, 1.82) is 0 Å². The van der Waals surface area contributed by atoms with E-state index in [4.69, 9.17) is 0 Å². The summed E-state index contributed by atoms with van der Waals surface area (Å²) >= 11 is 0. The second kappa shape index (κ2) is 3.23. The SMILES string of the molecule is C1=C2c3ncccc3CC[C@@H]2CCC1. The van der Waals surface area contributed by atoms with E-state index >= 15 is 0 Å². The third-order valence-electron chi connectivity index (χ3n) is 3.49. The van der Waals surface area contributed by atoms with Crippen LogP contribution < -0.4 is 0 Å². The maximum Gasteiger partial charge on any atom is 0.0693 e. The highest BCUT2D eigenvalue weighted by atomic mass is 14.7. The van der Waals surface area contributed by atoms with Gasteiger partial charge in [0.15, 0.2) is 0 Å². The quantitative estimate of drug-likeness (QED) is 0.604. The smallest absolute Gasteiger partial charge is 0.0693 e. The van der Waals surface area contributed by atoms with Crippen LogP contribution in [-0.2, 0) is 6.42 Å². The number of fused-ring (bicyclic) bond motifs is 3. The number of hydrogen-bond acceptors (Lipinski definition) is 1. The molecular formula is C13H15N. The van der Waals surface area contributed by atoms with Crippen LogP contribution in [0.1, 0.15) is 36.9 Å². The van der Waals surface area contributed by atoms with Crippen molar-refractivity contribution < 1.29 is 0 Å². The van der Waals surface area contributed by atoms with Crippen LogP contribution in [-0.4, -0.2) is 4.98 Å². The Kier molecular flexibility index (Phi) is 1.90. The van der Waals surface area contributed by atoms with Gasteiger partial charge in [-0.15, -0.1) is 0 Å². The molecule has 72 valence electrons. The molecule has 0 fully saturated rings. The predicted octanol–water partition coefficient (Wildman–Crippen LogP) is 3.21. The molecule has 0 bridgehead atoms. The minimum Gasteiger partial charge on any atom is -0.256 e. The van der Waals surface area contributed by atoms with Crippen LogP contribution in [0.4, 0.5) is 0 Å². The summed E-state index contributed by atoms with van der Waals surface area (Å²) in [6, 6.07) is 4.29. The lowest BCUT2D eigenvalue weighted by molar-refractivity contribution is 0.506. The maximum atomic E-state index is 4.54. The van der Waals surface area contributed by atoms with Crippen molar-refractivity contribution >= 4 is 5.57 Å². The fraction of sp³-hybridized carbons (Fsp3) is 0.462. The van der Waals surface area contributed by atoms with Gasteiger partial charge in [0.1, 0.15) is 0 Å². The van der Waals surface area contributed by atoms with Gasteiger partial charge >= 0.3 is 0 Å². The summed E-state index contributed by atoms with van der Waals surface area (Å²) in [5.74, 6) is 0.811. The molecule has 2 aliphatic rings. The molecule has 1 aromatic heterocycles. The third-order valence-corrected chi connectivity index (χ3v) is 3.49. The molecule has 0 radical (unpaired) electrons. The lowest BCUT2D eigenvalue weighted by Crippen LogP contribution is -2.16. The number of rotatable bonds is 0. The van der Waals surface area contributed by atoms with Crippen molar-refractivity contribution in [3.05, 3.63) is 35.7 Å². The number of aryl methyl sites for hydroxylation is 1. The van der Waals surface area contributed by atoms with E-state index in [1.54, 1.807) is 0 Å². The molecule has 0 amide bonds. The summed E-state index contributed by atoms with van der Waals surface area (Å²) < 4.78 is 0. The zero-order valence-corrected chi connectivity index (χ0v) is 8.37. The van der Waals surface area contributed by atoms with Crippen molar-refractivity contribution in [2.75, 3.05) is 0 Å². The lowest BCUT2D eigenvalue weighted by atomic mass is 9.76. The molecule has 1 aromatic rings. The Morgan fingerprint density at radius 1 is 1.29 bits per heavy atom. The van der Waals surface area contributed by atoms with Crippen molar-refractivity contribution in [2.45, 2.75) is 32.1 Å². The van der Waals surface area contributed by atoms with E-state index in [0.717, 1.165) is 5.92 Å². The van der Waals surface area contributed by atoms with Crippen LogP contribution in [0.3, 0.4) is 0 Å². The van der Waals surface area contributed by atoms with Gasteiger partial charge in [-0.1, -0.05) is 12.1 Å². The van der Waals surface area contributed by atoms with Crippen LogP contribution in [0.2, 0.25) is 0 Å². The molecule has 1 heterocycles. The van der Waals surface area contributed by atoms with Crippen LogP contribution in [0, 0.1) is 5.92 Å². The van der Waals surface area contributed by atoms with Crippen molar-refractivity contribution in [3.8, 4) is 0 Å². The molecule has 0 aliphatic heterocycles.